The number of nitrogens with two attached hydrogens (primary N) is 1. The van der Waals surface area contributed by atoms with Crippen LogP contribution in [0.5, 0.6) is 11.5 Å². The summed E-state index contributed by atoms with van der Waals surface area (Å²) in [5, 5.41) is 17.8. The number of phenolic OH excluding ortho intramolecular Hbond substituents is 2. The standard InChI is InChI=1S/C6H7NO5S/c7-3-1-4(8)5(9)2-6(3)13(10,11)12/h1-2,8-9H,7H2,(H,10,11,12). The van der Waals surface area contributed by atoms with Crippen LogP contribution in [0.2, 0.25) is 0 Å². The minimum atomic E-state index is -4.47. The van der Waals surface area contributed by atoms with Gasteiger partial charge in [0.05, 0.1) is 5.69 Å². The minimum absolute atomic E-state index is 0.335. The first-order valence-corrected chi connectivity index (χ1v) is 4.55. The molecule has 0 fully saturated rings. The Morgan fingerprint density at radius 1 is 1.15 bits per heavy atom. The van der Waals surface area contributed by atoms with Gasteiger partial charge in [-0.3, -0.25) is 4.55 Å². The van der Waals surface area contributed by atoms with Crippen LogP contribution in [-0.4, -0.2) is 23.2 Å². The molecule has 7 heteroatoms. The molecule has 0 radical (unpaired) electrons. The second-order valence-corrected chi connectivity index (χ2v) is 3.74. The molecule has 0 bridgehead atoms. The van der Waals surface area contributed by atoms with E-state index in [0.29, 0.717) is 6.07 Å². The van der Waals surface area contributed by atoms with Crippen molar-refractivity contribution in [3.63, 3.8) is 0 Å². The summed E-state index contributed by atoms with van der Waals surface area (Å²) in [6.07, 6.45) is 0. The molecule has 0 heterocycles. The van der Waals surface area contributed by atoms with Crippen LogP contribution in [0.1, 0.15) is 0 Å². The average molecular weight is 205 g/mol. The molecule has 0 saturated carbocycles. The Hall–Kier alpha value is -1.47. The van der Waals surface area contributed by atoms with Gasteiger partial charge in [0.15, 0.2) is 11.5 Å². The topological polar surface area (TPSA) is 121 Å². The molecule has 0 atom stereocenters. The van der Waals surface area contributed by atoms with E-state index in [0.717, 1.165) is 6.07 Å². The van der Waals surface area contributed by atoms with Gasteiger partial charge in [-0.25, -0.2) is 0 Å². The molecule has 0 aliphatic rings. The maximum absolute atomic E-state index is 10.6. The van der Waals surface area contributed by atoms with E-state index in [-0.39, 0.29) is 5.69 Å². The zero-order valence-corrected chi connectivity index (χ0v) is 7.11. The number of hydrogen-bond acceptors (Lipinski definition) is 5. The predicted octanol–water partition coefficient (Wildman–Crippen LogP) is -0.0733. The van der Waals surface area contributed by atoms with Crippen molar-refractivity contribution in [3.05, 3.63) is 12.1 Å². The summed E-state index contributed by atoms with van der Waals surface area (Å²) in [5.41, 5.74) is 4.83. The number of rotatable bonds is 1. The highest BCUT2D eigenvalue weighted by Crippen LogP contribution is 2.31. The van der Waals surface area contributed by atoms with Crippen molar-refractivity contribution in [3.8, 4) is 11.5 Å². The summed E-state index contributed by atoms with van der Waals surface area (Å²) >= 11 is 0. The molecule has 0 unspecified atom stereocenters. The van der Waals surface area contributed by atoms with Gasteiger partial charge in [0.2, 0.25) is 0 Å². The van der Waals surface area contributed by atoms with Gasteiger partial charge in [-0.05, 0) is 0 Å². The van der Waals surface area contributed by atoms with Gasteiger partial charge in [-0.15, -0.1) is 0 Å². The van der Waals surface area contributed by atoms with Crippen LogP contribution in [0.25, 0.3) is 0 Å². The number of hydrogen-bond donors (Lipinski definition) is 4. The summed E-state index contributed by atoms with van der Waals surface area (Å²) in [6.45, 7) is 0. The lowest BCUT2D eigenvalue weighted by molar-refractivity contribution is 0.402. The van der Waals surface area contributed by atoms with E-state index in [1.807, 2.05) is 0 Å². The first-order chi connectivity index (χ1) is 5.82. The largest absolute Gasteiger partial charge is 0.504 e. The van der Waals surface area contributed by atoms with Crippen LogP contribution < -0.4 is 5.73 Å². The van der Waals surface area contributed by atoms with Gasteiger partial charge >= 0.3 is 0 Å². The van der Waals surface area contributed by atoms with Crippen molar-refractivity contribution in [2.75, 3.05) is 5.73 Å². The zero-order valence-electron chi connectivity index (χ0n) is 6.30. The highest BCUT2D eigenvalue weighted by molar-refractivity contribution is 7.86. The Morgan fingerprint density at radius 3 is 2.08 bits per heavy atom. The Balaban J connectivity index is 3.50. The molecule has 0 aliphatic carbocycles. The molecule has 72 valence electrons. The summed E-state index contributed by atoms with van der Waals surface area (Å²) in [4.78, 5) is -0.636. The van der Waals surface area contributed by atoms with Gasteiger partial charge in [-0.1, -0.05) is 0 Å². The maximum Gasteiger partial charge on any atom is 0.296 e. The molecule has 1 aromatic rings. The van der Waals surface area contributed by atoms with E-state index < -0.39 is 26.5 Å². The monoisotopic (exact) mass is 205 g/mol. The SMILES string of the molecule is Nc1cc(O)c(O)cc1S(=O)(=O)O. The van der Waals surface area contributed by atoms with Crippen LogP contribution in [0.3, 0.4) is 0 Å². The summed E-state index contributed by atoms with van der Waals surface area (Å²) < 4.78 is 29.8. The molecule has 1 aromatic carbocycles. The Kier molecular flexibility index (Phi) is 2.06. The van der Waals surface area contributed by atoms with Crippen LogP contribution in [-0.2, 0) is 10.1 Å². The Labute approximate surface area is 74.0 Å². The molecule has 0 amide bonds. The number of nitrogen functional groups attached to an aromatic ring is 1. The van der Waals surface area contributed by atoms with Crippen molar-refractivity contribution in [2.24, 2.45) is 0 Å². The van der Waals surface area contributed by atoms with Gasteiger partial charge < -0.3 is 15.9 Å². The lowest BCUT2D eigenvalue weighted by Gasteiger charge is -2.04. The summed E-state index contributed by atoms with van der Waals surface area (Å²) in [7, 11) is -4.47. The molecule has 0 spiro atoms. The molecular weight excluding hydrogens is 198 g/mol. The molecule has 1 rings (SSSR count). The molecule has 0 saturated heterocycles. The van der Waals surface area contributed by atoms with E-state index in [4.69, 9.17) is 20.5 Å². The molecule has 0 aromatic heterocycles. The maximum atomic E-state index is 10.6. The van der Waals surface area contributed by atoms with Crippen molar-refractivity contribution < 1.29 is 23.2 Å². The van der Waals surface area contributed by atoms with Gasteiger partial charge in [-0.2, -0.15) is 8.42 Å². The number of phenols is 2. The van der Waals surface area contributed by atoms with E-state index in [1.54, 1.807) is 0 Å². The number of aromatic hydroxyl groups is 2. The fourth-order valence-electron chi connectivity index (χ4n) is 0.797. The molecule has 5 N–H and O–H groups in total. The summed E-state index contributed by atoms with van der Waals surface area (Å²) in [6, 6.07) is 1.50. The van der Waals surface area contributed by atoms with Crippen LogP contribution in [0.15, 0.2) is 17.0 Å². The quantitative estimate of drug-likeness (QED) is 0.220. The van der Waals surface area contributed by atoms with Crippen LogP contribution >= 0.6 is 0 Å². The lowest BCUT2D eigenvalue weighted by atomic mass is 10.3. The smallest absolute Gasteiger partial charge is 0.296 e. The first-order valence-electron chi connectivity index (χ1n) is 3.11. The van der Waals surface area contributed by atoms with Crippen molar-refractivity contribution in [1.82, 2.24) is 0 Å². The van der Waals surface area contributed by atoms with E-state index >= 15 is 0 Å². The zero-order chi connectivity index (χ0) is 10.2. The number of anilines is 1. The number of benzene rings is 1. The highest BCUT2D eigenvalue weighted by atomic mass is 32.2. The van der Waals surface area contributed by atoms with E-state index in [2.05, 4.69) is 0 Å². The van der Waals surface area contributed by atoms with Crippen LogP contribution in [0, 0.1) is 0 Å². The third-order valence-electron chi connectivity index (χ3n) is 1.38. The highest BCUT2D eigenvalue weighted by Gasteiger charge is 2.16. The third kappa shape index (κ3) is 1.82. The van der Waals surface area contributed by atoms with Crippen LogP contribution in [0.4, 0.5) is 5.69 Å². The van der Waals surface area contributed by atoms with Gasteiger partial charge in [0, 0.05) is 12.1 Å². The summed E-state index contributed by atoms with van der Waals surface area (Å²) in [5.74, 6) is -1.22. The Morgan fingerprint density at radius 2 is 1.62 bits per heavy atom. The molecule has 13 heavy (non-hydrogen) atoms. The van der Waals surface area contributed by atoms with E-state index in [1.165, 1.54) is 0 Å². The molecule has 6 nitrogen and oxygen atoms in total. The van der Waals surface area contributed by atoms with Crippen molar-refractivity contribution >= 4 is 15.8 Å². The third-order valence-corrected chi connectivity index (χ3v) is 2.29. The average Bonchev–Trinajstić information content (AvgIpc) is 1.94. The minimum Gasteiger partial charge on any atom is -0.504 e. The van der Waals surface area contributed by atoms with Crippen molar-refractivity contribution in [1.29, 1.82) is 0 Å². The second kappa shape index (κ2) is 2.79. The predicted molar refractivity (Wildman–Crippen MR) is 44.0 cm³/mol. The molecular formula is C6H7NO5S. The second-order valence-electron chi connectivity index (χ2n) is 2.35. The van der Waals surface area contributed by atoms with Gasteiger partial charge in [0.25, 0.3) is 10.1 Å². The lowest BCUT2D eigenvalue weighted by Crippen LogP contribution is -2.02. The normalized spacial score (nSPS) is 11.5. The molecule has 0 aliphatic heterocycles. The fraction of sp³-hybridized carbons (Fsp3) is 0. The Bertz CT molecular complexity index is 439. The fourth-order valence-corrected chi connectivity index (χ4v) is 1.41. The van der Waals surface area contributed by atoms with Crippen molar-refractivity contribution in [2.45, 2.75) is 4.90 Å². The first kappa shape index (κ1) is 9.62. The van der Waals surface area contributed by atoms with E-state index in [9.17, 15) is 8.42 Å². The van der Waals surface area contributed by atoms with Gasteiger partial charge in [0.1, 0.15) is 4.90 Å².